The molecule has 0 radical (unpaired) electrons. The van der Waals surface area contributed by atoms with E-state index in [0.29, 0.717) is 25.7 Å². The number of carbonyl (C=O) groups is 2. The van der Waals surface area contributed by atoms with Gasteiger partial charge >= 0.3 is 19.8 Å². The molecule has 0 heterocycles. The number of ether oxygens (including phenoxy) is 2. The summed E-state index contributed by atoms with van der Waals surface area (Å²) in [5.41, 5.74) is 5.33. The van der Waals surface area contributed by atoms with Crippen LogP contribution < -0.4 is 5.73 Å². The summed E-state index contributed by atoms with van der Waals surface area (Å²) in [7, 11) is -4.42. The van der Waals surface area contributed by atoms with Gasteiger partial charge in [0.05, 0.1) is 25.4 Å². The van der Waals surface area contributed by atoms with Crippen molar-refractivity contribution in [1.29, 1.82) is 0 Å². The van der Waals surface area contributed by atoms with E-state index in [9.17, 15) is 29.3 Å². The highest BCUT2D eigenvalue weighted by molar-refractivity contribution is 7.47. The van der Waals surface area contributed by atoms with E-state index in [1.54, 1.807) is 0 Å². The van der Waals surface area contributed by atoms with Gasteiger partial charge in [0.2, 0.25) is 0 Å². The van der Waals surface area contributed by atoms with Gasteiger partial charge in [-0.15, -0.1) is 0 Å². The molecule has 0 aliphatic rings. The summed E-state index contributed by atoms with van der Waals surface area (Å²) < 4.78 is 32.6. The molecular weight excluding hydrogens is 721 g/mol. The molecule has 0 aromatic carbocycles. The Morgan fingerprint density at radius 3 is 1.82 bits per heavy atom. The standard InChI is InChI=1S/C43H76NO10P/c1-3-5-7-9-11-12-13-14-15-16-17-18-19-20-21-25-29-33-42(47)51-37-39(38-53-55(49,50)52-36-35-44)54-43(48)34-30-26-22-24-28-32-41(46)40(45)31-27-23-10-8-6-4-2/h5,7,11-12,14-15,17-18,23,27,39-41,45-46H,3-4,6,8-10,13,16,19-22,24-26,28-38,44H2,1-2H3,(H,49,50)/b7-5-,12-11-,15-14-,18-17-,27-23-/t39-,40+,41+/m1/s1. The molecule has 0 saturated heterocycles. The molecule has 0 aromatic heterocycles. The van der Waals surface area contributed by atoms with Crippen LogP contribution in [-0.2, 0) is 32.7 Å². The van der Waals surface area contributed by atoms with E-state index >= 15 is 0 Å². The Hall–Kier alpha value is -2.37. The summed E-state index contributed by atoms with van der Waals surface area (Å²) in [6, 6.07) is 0. The van der Waals surface area contributed by atoms with Crippen molar-refractivity contribution in [2.24, 2.45) is 5.73 Å². The number of aliphatic hydroxyl groups is 2. The number of rotatable bonds is 38. The van der Waals surface area contributed by atoms with Crippen molar-refractivity contribution in [2.45, 2.75) is 173 Å². The van der Waals surface area contributed by atoms with Crippen molar-refractivity contribution in [3.63, 3.8) is 0 Å². The van der Waals surface area contributed by atoms with Crippen LogP contribution in [0.1, 0.15) is 155 Å². The van der Waals surface area contributed by atoms with E-state index in [1.165, 1.54) is 12.8 Å². The minimum absolute atomic E-state index is 0.0216. The van der Waals surface area contributed by atoms with Crippen LogP contribution in [0, 0.1) is 0 Å². The maximum atomic E-state index is 12.6. The van der Waals surface area contributed by atoms with E-state index in [1.807, 2.05) is 6.08 Å². The van der Waals surface area contributed by atoms with Gasteiger partial charge in [-0.2, -0.15) is 0 Å². The van der Waals surface area contributed by atoms with Crippen LogP contribution in [0.5, 0.6) is 0 Å². The summed E-state index contributed by atoms with van der Waals surface area (Å²) in [4.78, 5) is 34.8. The zero-order chi connectivity index (χ0) is 40.7. The number of nitrogens with two attached hydrogens (primary N) is 1. The number of hydrogen-bond acceptors (Lipinski definition) is 10. The Morgan fingerprint density at radius 1 is 0.636 bits per heavy atom. The van der Waals surface area contributed by atoms with Gasteiger partial charge in [-0.05, 0) is 77.0 Å². The van der Waals surface area contributed by atoms with Crippen molar-refractivity contribution in [3.8, 4) is 0 Å². The van der Waals surface area contributed by atoms with Gasteiger partial charge in [0.1, 0.15) is 6.61 Å². The number of phosphoric ester groups is 1. The third-order valence-electron chi connectivity index (χ3n) is 8.59. The Labute approximate surface area is 333 Å². The minimum atomic E-state index is -4.42. The first-order chi connectivity index (χ1) is 26.6. The predicted molar refractivity (Wildman–Crippen MR) is 222 cm³/mol. The van der Waals surface area contributed by atoms with Crippen molar-refractivity contribution < 1.29 is 47.8 Å². The number of phosphoric acid groups is 1. The number of aliphatic hydroxyl groups excluding tert-OH is 2. The van der Waals surface area contributed by atoms with Crippen molar-refractivity contribution in [1.82, 2.24) is 0 Å². The Kier molecular flexibility index (Phi) is 36.8. The molecule has 0 aromatic rings. The van der Waals surface area contributed by atoms with Crippen LogP contribution in [0.15, 0.2) is 60.8 Å². The molecule has 0 bridgehead atoms. The second kappa shape index (κ2) is 38.5. The highest BCUT2D eigenvalue weighted by atomic mass is 31.2. The van der Waals surface area contributed by atoms with E-state index in [2.05, 4.69) is 68.5 Å². The molecule has 12 heteroatoms. The summed E-state index contributed by atoms with van der Waals surface area (Å²) >= 11 is 0. The van der Waals surface area contributed by atoms with Crippen LogP contribution in [0.4, 0.5) is 0 Å². The molecule has 5 N–H and O–H groups in total. The van der Waals surface area contributed by atoms with Gasteiger partial charge in [-0.25, -0.2) is 4.57 Å². The lowest BCUT2D eigenvalue weighted by Crippen LogP contribution is -2.29. The summed E-state index contributed by atoms with van der Waals surface area (Å²) in [5.74, 6) is -0.974. The number of esters is 2. The topological polar surface area (TPSA) is 175 Å². The summed E-state index contributed by atoms with van der Waals surface area (Å²) in [5, 5.41) is 20.4. The largest absolute Gasteiger partial charge is 0.472 e. The predicted octanol–water partition coefficient (Wildman–Crippen LogP) is 9.66. The van der Waals surface area contributed by atoms with Crippen molar-refractivity contribution in [2.75, 3.05) is 26.4 Å². The molecule has 0 rings (SSSR count). The third kappa shape index (κ3) is 37.0. The number of hydrogen-bond donors (Lipinski definition) is 4. The molecule has 0 spiro atoms. The summed E-state index contributed by atoms with van der Waals surface area (Å²) in [6.45, 7) is 3.33. The zero-order valence-electron chi connectivity index (χ0n) is 34.1. The van der Waals surface area contributed by atoms with E-state index in [4.69, 9.17) is 24.3 Å². The van der Waals surface area contributed by atoms with Crippen molar-refractivity contribution >= 4 is 19.8 Å². The average Bonchev–Trinajstić information content (AvgIpc) is 3.17. The molecular formula is C43H76NO10P. The first-order valence-corrected chi connectivity index (χ1v) is 22.4. The number of carbonyl (C=O) groups excluding carboxylic acids is 2. The molecule has 55 heavy (non-hydrogen) atoms. The number of unbranched alkanes of at least 4 members (excludes halogenated alkanes) is 11. The fraction of sp³-hybridized carbons (Fsp3) is 0.721. The monoisotopic (exact) mass is 798 g/mol. The van der Waals surface area contributed by atoms with Crippen molar-refractivity contribution in [3.05, 3.63) is 60.8 Å². The maximum absolute atomic E-state index is 12.6. The highest BCUT2D eigenvalue weighted by Crippen LogP contribution is 2.43. The quantitative estimate of drug-likeness (QED) is 0.0203. The second-order valence-corrected chi connectivity index (χ2v) is 15.2. The van der Waals surface area contributed by atoms with Gasteiger partial charge in [-0.3, -0.25) is 18.6 Å². The molecule has 4 atom stereocenters. The SMILES string of the molecule is CC/C=C\C/C=C\C/C=C\C/C=C\CCCCCCC(=O)OC[C@H](COP(=O)(O)OCCN)OC(=O)CCCCCCC[C@H](O)[C@@H](O)C/C=C\CCCCC. The average molecular weight is 798 g/mol. The molecule has 0 saturated carbocycles. The molecule has 0 aliphatic heterocycles. The molecule has 11 nitrogen and oxygen atoms in total. The maximum Gasteiger partial charge on any atom is 0.472 e. The van der Waals surface area contributed by atoms with E-state index in [0.717, 1.165) is 89.9 Å². The summed E-state index contributed by atoms with van der Waals surface area (Å²) in [6.07, 6.45) is 37.0. The first kappa shape index (κ1) is 52.6. The van der Waals surface area contributed by atoms with Gasteiger partial charge < -0.3 is 30.3 Å². The second-order valence-electron chi connectivity index (χ2n) is 13.8. The van der Waals surface area contributed by atoms with Gasteiger partial charge in [0.25, 0.3) is 0 Å². The third-order valence-corrected chi connectivity index (χ3v) is 9.57. The van der Waals surface area contributed by atoms with Crippen LogP contribution in [-0.4, -0.2) is 71.7 Å². The van der Waals surface area contributed by atoms with Gasteiger partial charge in [0.15, 0.2) is 6.10 Å². The lowest BCUT2D eigenvalue weighted by molar-refractivity contribution is -0.161. The minimum Gasteiger partial charge on any atom is -0.462 e. The zero-order valence-corrected chi connectivity index (χ0v) is 35.0. The van der Waals surface area contributed by atoms with E-state index in [-0.39, 0.29) is 32.6 Å². The fourth-order valence-corrected chi connectivity index (χ4v) is 6.12. The molecule has 318 valence electrons. The van der Waals surface area contributed by atoms with E-state index < -0.39 is 44.7 Å². The molecule has 0 aliphatic carbocycles. The smallest absolute Gasteiger partial charge is 0.462 e. The lowest BCUT2D eigenvalue weighted by atomic mass is 10.0. The molecule has 0 amide bonds. The molecule has 1 unspecified atom stereocenters. The lowest BCUT2D eigenvalue weighted by Gasteiger charge is -2.20. The number of allylic oxidation sites excluding steroid dienone is 9. The normalized spacial score (nSPS) is 15.1. The Balaban J connectivity index is 4.35. The first-order valence-electron chi connectivity index (χ1n) is 20.9. The fourth-order valence-electron chi connectivity index (χ4n) is 5.35. The van der Waals surface area contributed by atoms with Crippen LogP contribution >= 0.6 is 7.82 Å². The van der Waals surface area contributed by atoms with Gasteiger partial charge in [0, 0.05) is 19.4 Å². The van der Waals surface area contributed by atoms with Crippen LogP contribution in [0.25, 0.3) is 0 Å². The van der Waals surface area contributed by atoms with Gasteiger partial charge in [-0.1, -0.05) is 126 Å². The highest BCUT2D eigenvalue weighted by Gasteiger charge is 2.26. The molecule has 0 fully saturated rings. The van der Waals surface area contributed by atoms with Crippen LogP contribution in [0.3, 0.4) is 0 Å². The van der Waals surface area contributed by atoms with Crippen LogP contribution in [0.2, 0.25) is 0 Å². The Morgan fingerprint density at radius 2 is 1.18 bits per heavy atom. The Bertz CT molecular complexity index is 1120.